The Hall–Kier alpha value is -1.09. The Bertz CT molecular complexity index is 369. The number of H-pyrrole nitrogens is 1. The molecular weight excluding hydrogens is 218 g/mol. The van der Waals surface area contributed by atoms with Crippen LogP contribution >= 0.6 is 15.9 Å². The standard InChI is InChI=1S/C8H6BrN.CH2O/c9-7-1-2-8-6(5-7)3-4-10-8;1-2/h1-5,10H;1H2. The minimum absolute atomic E-state index is 1.12. The van der Waals surface area contributed by atoms with Gasteiger partial charge in [-0.05, 0) is 24.3 Å². The number of halogens is 1. The van der Waals surface area contributed by atoms with E-state index in [1.54, 1.807) is 0 Å². The van der Waals surface area contributed by atoms with Gasteiger partial charge in [0, 0.05) is 21.6 Å². The fourth-order valence-electron chi connectivity index (χ4n) is 1.02. The maximum Gasteiger partial charge on any atom is 0.106 e. The normalized spacial score (nSPS) is 9.08. The van der Waals surface area contributed by atoms with Gasteiger partial charge in [-0.1, -0.05) is 15.9 Å². The van der Waals surface area contributed by atoms with E-state index in [9.17, 15) is 0 Å². The summed E-state index contributed by atoms with van der Waals surface area (Å²) >= 11 is 3.40. The van der Waals surface area contributed by atoms with E-state index in [2.05, 4.69) is 39.1 Å². The van der Waals surface area contributed by atoms with Crippen molar-refractivity contribution < 1.29 is 4.79 Å². The molecule has 0 aliphatic carbocycles. The molecule has 3 heteroatoms. The molecule has 2 nitrogen and oxygen atoms in total. The summed E-state index contributed by atoms with van der Waals surface area (Å²) in [6.45, 7) is 2.00. The van der Waals surface area contributed by atoms with Crippen LogP contribution < -0.4 is 0 Å². The largest absolute Gasteiger partial charge is 0.361 e. The van der Waals surface area contributed by atoms with Gasteiger partial charge < -0.3 is 9.78 Å². The molecule has 12 heavy (non-hydrogen) atoms. The van der Waals surface area contributed by atoms with Crippen LogP contribution in [0.4, 0.5) is 0 Å². The molecule has 1 N–H and O–H groups in total. The molecule has 0 unspecified atom stereocenters. The van der Waals surface area contributed by atoms with Gasteiger partial charge >= 0.3 is 0 Å². The second-order valence-corrected chi connectivity index (χ2v) is 3.12. The molecule has 0 saturated carbocycles. The summed E-state index contributed by atoms with van der Waals surface area (Å²) in [6, 6.07) is 8.23. The number of nitrogens with one attached hydrogen (secondary N) is 1. The third-order valence-corrected chi connectivity index (χ3v) is 2.01. The van der Waals surface area contributed by atoms with Crippen LogP contribution in [0.25, 0.3) is 10.9 Å². The quantitative estimate of drug-likeness (QED) is 0.735. The molecule has 0 saturated heterocycles. The summed E-state index contributed by atoms with van der Waals surface area (Å²) in [5.41, 5.74) is 1.18. The monoisotopic (exact) mass is 225 g/mol. The summed E-state index contributed by atoms with van der Waals surface area (Å²) in [7, 11) is 0. The lowest BCUT2D eigenvalue weighted by Gasteiger charge is -1.88. The Kier molecular flexibility index (Phi) is 3.05. The third-order valence-electron chi connectivity index (χ3n) is 1.52. The van der Waals surface area contributed by atoms with Crippen LogP contribution in [0, 0.1) is 0 Å². The first-order valence-corrected chi connectivity index (χ1v) is 4.17. The van der Waals surface area contributed by atoms with Gasteiger partial charge in [-0.2, -0.15) is 0 Å². The predicted octanol–water partition coefficient (Wildman–Crippen LogP) is 2.75. The molecule has 1 aromatic heterocycles. The predicted molar refractivity (Wildman–Crippen MR) is 53.1 cm³/mol. The molecule has 0 bridgehead atoms. The highest BCUT2D eigenvalue weighted by Gasteiger charge is 1.92. The van der Waals surface area contributed by atoms with Gasteiger partial charge in [-0.3, -0.25) is 0 Å². The zero-order valence-corrected chi connectivity index (χ0v) is 7.97. The van der Waals surface area contributed by atoms with Crippen molar-refractivity contribution in [2.75, 3.05) is 0 Å². The maximum atomic E-state index is 8.00. The fraction of sp³-hybridized carbons (Fsp3) is 0. The van der Waals surface area contributed by atoms with Crippen LogP contribution in [0.3, 0.4) is 0 Å². The number of fused-ring (bicyclic) bond motifs is 1. The van der Waals surface area contributed by atoms with Gasteiger partial charge in [-0.15, -0.1) is 0 Å². The molecule has 1 heterocycles. The number of hydrogen-bond donors (Lipinski definition) is 1. The van der Waals surface area contributed by atoms with Crippen LogP contribution in [-0.4, -0.2) is 11.8 Å². The summed E-state index contributed by atoms with van der Waals surface area (Å²) in [5, 5.41) is 1.24. The van der Waals surface area contributed by atoms with Crippen LogP contribution in [0.5, 0.6) is 0 Å². The molecule has 0 aliphatic rings. The van der Waals surface area contributed by atoms with Gasteiger partial charge in [0.05, 0.1) is 0 Å². The minimum Gasteiger partial charge on any atom is -0.361 e. The second-order valence-electron chi connectivity index (χ2n) is 2.21. The Labute approximate surface area is 78.7 Å². The molecule has 2 aromatic rings. The van der Waals surface area contributed by atoms with Crippen LogP contribution in [0.15, 0.2) is 34.9 Å². The Morgan fingerprint density at radius 2 is 2.00 bits per heavy atom. The van der Waals surface area contributed by atoms with Crippen LogP contribution in [0.1, 0.15) is 0 Å². The van der Waals surface area contributed by atoms with Gasteiger partial charge in [0.15, 0.2) is 0 Å². The van der Waals surface area contributed by atoms with E-state index in [1.165, 1.54) is 10.9 Å². The van der Waals surface area contributed by atoms with Crippen LogP contribution in [0.2, 0.25) is 0 Å². The molecular formula is C9H8BrNO. The first-order chi connectivity index (χ1) is 5.86. The topological polar surface area (TPSA) is 32.9 Å². The molecule has 0 amide bonds. The molecule has 0 radical (unpaired) electrons. The van der Waals surface area contributed by atoms with Crippen molar-refractivity contribution in [2.45, 2.75) is 0 Å². The van der Waals surface area contributed by atoms with Gasteiger partial charge in [-0.25, -0.2) is 0 Å². The summed E-state index contributed by atoms with van der Waals surface area (Å²) in [6.07, 6.45) is 1.94. The average Bonchev–Trinajstić information content (AvgIpc) is 2.54. The zero-order valence-electron chi connectivity index (χ0n) is 6.38. The number of carbonyl (C=O) groups is 1. The Morgan fingerprint density at radius 1 is 1.25 bits per heavy atom. The lowest BCUT2D eigenvalue weighted by molar-refractivity contribution is -0.0979. The Balaban J connectivity index is 0.000000336. The minimum atomic E-state index is 1.12. The van der Waals surface area contributed by atoms with E-state index in [0.29, 0.717) is 0 Å². The first-order valence-electron chi connectivity index (χ1n) is 3.38. The van der Waals surface area contributed by atoms with Crippen LogP contribution in [-0.2, 0) is 4.79 Å². The van der Waals surface area contributed by atoms with Crippen molar-refractivity contribution in [3.63, 3.8) is 0 Å². The van der Waals surface area contributed by atoms with Gasteiger partial charge in [0.1, 0.15) is 6.79 Å². The van der Waals surface area contributed by atoms with Crippen molar-refractivity contribution in [1.82, 2.24) is 4.98 Å². The van der Waals surface area contributed by atoms with Crippen molar-refractivity contribution in [3.8, 4) is 0 Å². The lowest BCUT2D eigenvalue weighted by atomic mass is 10.3. The zero-order chi connectivity index (χ0) is 8.97. The molecule has 0 spiro atoms. The maximum absolute atomic E-state index is 8.00. The number of hydrogen-bond acceptors (Lipinski definition) is 1. The molecule has 0 atom stereocenters. The fourth-order valence-corrected chi connectivity index (χ4v) is 1.40. The SMILES string of the molecule is Brc1ccc2[nH]ccc2c1.C=O. The van der Waals surface area contributed by atoms with E-state index in [1.807, 2.05) is 19.1 Å². The van der Waals surface area contributed by atoms with Gasteiger partial charge in [0.25, 0.3) is 0 Å². The summed E-state index contributed by atoms with van der Waals surface area (Å²) in [5.74, 6) is 0. The number of benzene rings is 1. The lowest BCUT2D eigenvalue weighted by Crippen LogP contribution is -1.65. The van der Waals surface area contributed by atoms with E-state index < -0.39 is 0 Å². The third kappa shape index (κ3) is 1.74. The Morgan fingerprint density at radius 3 is 2.75 bits per heavy atom. The van der Waals surface area contributed by atoms with Crippen molar-refractivity contribution >= 4 is 33.6 Å². The van der Waals surface area contributed by atoms with E-state index in [-0.39, 0.29) is 0 Å². The molecule has 1 aromatic carbocycles. The van der Waals surface area contributed by atoms with Crippen molar-refractivity contribution in [1.29, 1.82) is 0 Å². The smallest absolute Gasteiger partial charge is 0.106 e. The van der Waals surface area contributed by atoms with Gasteiger partial charge in [0.2, 0.25) is 0 Å². The molecule has 2 rings (SSSR count). The first kappa shape index (κ1) is 9.00. The highest BCUT2D eigenvalue weighted by atomic mass is 79.9. The van der Waals surface area contributed by atoms with Crippen molar-refractivity contribution in [2.24, 2.45) is 0 Å². The average molecular weight is 226 g/mol. The molecule has 62 valence electrons. The van der Waals surface area contributed by atoms with E-state index in [4.69, 9.17) is 4.79 Å². The number of aromatic amines is 1. The number of aromatic nitrogens is 1. The van der Waals surface area contributed by atoms with E-state index in [0.717, 1.165) is 4.47 Å². The number of rotatable bonds is 0. The molecule has 0 aliphatic heterocycles. The highest BCUT2D eigenvalue weighted by molar-refractivity contribution is 9.10. The molecule has 0 fully saturated rings. The highest BCUT2D eigenvalue weighted by Crippen LogP contribution is 2.17. The summed E-state index contributed by atoms with van der Waals surface area (Å²) < 4.78 is 1.12. The van der Waals surface area contributed by atoms with Crippen molar-refractivity contribution in [3.05, 3.63) is 34.9 Å². The second kappa shape index (κ2) is 4.07. The van der Waals surface area contributed by atoms with E-state index >= 15 is 0 Å². The summed E-state index contributed by atoms with van der Waals surface area (Å²) in [4.78, 5) is 11.1. The number of carbonyl (C=O) groups excluding carboxylic acids is 1.